The van der Waals surface area contributed by atoms with Crippen LogP contribution in [0.25, 0.3) is 0 Å². The zero-order valence-corrected chi connectivity index (χ0v) is 12.6. The highest BCUT2D eigenvalue weighted by molar-refractivity contribution is 7.90. The van der Waals surface area contributed by atoms with Gasteiger partial charge in [-0.25, -0.2) is 8.42 Å². The summed E-state index contributed by atoms with van der Waals surface area (Å²) in [6.07, 6.45) is 1.84. The highest BCUT2D eigenvalue weighted by atomic mass is 35.5. The second-order valence-corrected chi connectivity index (χ2v) is 7.20. The lowest BCUT2D eigenvalue weighted by Gasteiger charge is -2.18. The third kappa shape index (κ3) is 4.96. The molecule has 3 nitrogen and oxygen atoms in total. The molecule has 0 aliphatic carbocycles. The van der Waals surface area contributed by atoms with E-state index in [9.17, 15) is 8.42 Å². The fourth-order valence-corrected chi connectivity index (χ4v) is 2.63. The van der Waals surface area contributed by atoms with E-state index < -0.39 is 9.84 Å². The summed E-state index contributed by atoms with van der Waals surface area (Å²) in [7, 11) is -2.93. The second-order valence-electron chi connectivity index (χ2n) is 4.54. The van der Waals surface area contributed by atoms with Gasteiger partial charge in [0.2, 0.25) is 0 Å². The van der Waals surface area contributed by atoms with Crippen LogP contribution in [-0.4, -0.2) is 27.0 Å². The van der Waals surface area contributed by atoms with Gasteiger partial charge in [-0.15, -0.1) is 0 Å². The highest BCUT2D eigenvalue weighted by Crippen LogP contribution is 2.23. The molecule has 1 aromatic rings. The van der Waals surface area contributed by atoms with Gasteiger partial charge in [0.15, 0.2) is 0 Å². The van der Waals surface area contributed by atoms with Crippen LogP contribution in [0.3, 0.4) is 0 Å². The van der Waals surface area contributed by atoms with Gasteiger partial charge < -0.3 is 5.32 Å². The van der Waals surface area contributed by atoms with Crippen molar-refractivity contribution < 1.29 is 8.42 Å². The van der Waals surface area contributed by atoms with E-state index in [1.165, 1.54) is 6.26 Å². The molecule has 5 heteroatoms. The van der Waals surface area contributed by atoms with Crippen molar-refractivity contribution in [1.82, 2.24) is 5.32 Å². The summed E-state index contributed by atoms with van der Waals surface area (Å²) in [6.45, 7) is 4.76. The Kier molecular flexibility index (Phi) is 5.63. The van der Waals surface area contributed by atoms with Crippen LogP contribution < -0.4 is 5.32 Å². The predicted octanol–water partition coefficient (Wildman–Crippen LogP) is 2.73. The quantitative estimate of drug-likeness (QED) is 0.876. The molecule has 0 spiro atoms. The molecule has 0 aliphatic heterocycles. The molecule has 0 aromatic heterocycles. The molecule has 0 radical (unpaired) electrons. The lowest BCUT2D eigenvalue weighted by atomic mass is 10.0. The molecule has 1 rings (SSSR count). The summed E-state index contributed by atoms with van der Waals surface area (Å²) in [4.78, 5) is 0. The molecule has 0 fully saturated rings. The van der Waals surface area contributed by atoms with E-state index in [4.69, 9.17) is 11.6 Å². The Morgan fingerprint density at radius 3 is 2.56 bits per heavy atom. The van der Waals surface area contributed by atoms with Crippen LogP contribution in [0.15, 0.2) is 18.2 Å². The van der Waals surface area contributed by atoms with Crippen molar-refractivity contribution in [2.45, 2.75) is 26.3 Å². The largest absolute Gasteiger partial charge is 0.310 e. The number of rotatable bonds is 6. The van der Waals surface area contributed by atoms with Crippen molar-refractivity contribution in [3.8, 4) is 0 Å². The standard InChI is InChI=1S/C13H20ClNO2S/c1-4-15-13(7-8-18(3,16)17)11-5-6-12(14)10(2)9-11/h5-6,9,13,15H,4,7-8H2,1-3H3. The van der Waals surface area contributed by atoms with Crippen LogP contribution in [0.5, 0.6) is 0 Å². The van der Waals surface area contributed by atoms with E-state index >= 15 is 0 Å². The molecule has 0 saturated carbocycles. The van der Waals surface area contributed by atoms with Crippen molar-refractivity contribution in [3.63, 3.8) is 0 Å². The monoisotopic (exact) mass is 289 g/mol. The van der Waals surface area contributed by atoms with E-state index in [1.54, 1.807) is 0 Å². The van der Waals surface area contributed by atoms with Crippen molar-refractivity contribution in [1.29, 1.82) is 0 Å². The molecular weight excluding hydrogens is 270 g/mol. The zero-order valence-electron chi connectivity index (χ0n) is 11.0. The van der Waals surface area contributed by atoms with Gasteiger partial charge in [0.25, 0.3) is 0 Å². The zero-order chi connectivity index (χ0) is 13.8. The maximum absolute atomic E-state index is 11.2. The molecular formula is C13H20ClNO2S. The van der Waals surface area contributed by atoms with Crippen LogP contribution in [0.4, 0.5) is 0 Å². The minimum absolute atomic E-state index is 0.0562. The van der Waals surface area contributed by atoms with Gasteiger partial charge >= 0.3 is 0 Å². The third-order valence-electron chi connectivity index (χ3n) is 2.81. The Hall–Kier alpha value is -0.580. The van der Waals surface area contributed by atoms with Crippen molar-refractivity contribution >= 4 is 21.4 Å². The molecule has 1 aromatic carbocycles. The maximum atomic E-state index is 11.2. The van der Waals surface area contributed by atoms with Crippen molar-refractivity contribution in [3.05, 3.63) is 34.3 Å². The summed E-state index contributed by atoms with van der Waals surface area (Å²) >= 11 is 6.00. The number of halogens is 1. The Balaban J connectivity index is 2.86. The summed E-state index contributed by atoms with van der Waals surface area (Å²) in [5.74, 6) is 0.187. The average molecular weight is 290 g/mol. The number of aryl methyl sites for hydroxylation is 1. The first-order chi connectivity index (χ1) is 8.33. The number of benzene rings is 1. The van der Waals surface area contributed by atoms with Crippen LogP contribution in [-0.2, 0) is 9.84 Å². The summed E-state index contributed by atoms with van der Waals surface area (Å²) in [5.41, 5.74) is 2.10. The molecule has 0 heterocycles. The van der Waals surface area contributed by atoms with Crippen molar-refractivity contribution in [2.75, 3.05) is 18.6 Å². The smallest absolute Gasteiger partial charge is 0.147 e. The van der Waals surface area contributed by atoms with Gasteiger partial charge in [0, 0.05) is 17.3 Å². The lowest BCUT2D eigenvalue weighted by molar-refractivity contribution is 0.529. The van der Waals surface area contributed by atoms with E-state index in [1.807, 2.05) is 32.0 Å². The first-order valence-corrected chi connectivity index (χ1v) is 8.44. The lowest BCUT2D eigenvalue weighted by Crippen LogP contribution is -2.23. The summed E-state index contributed by atoms with van der Waals surface area (Å²) in [6, 6.07) is 5.88. The molecule has 1 N–H and O–H groups in total. The van der Waals surface area contributed by atoms with Gasteiger partial charge in [0.1, 0.15) is 9.84 Å². The number of sulfone groups is 1. The van der Waals surface area contributed by atoms with Gasteiger partial charge in [-0.3, -0.25) is 0 Å². The van der Waals surface area contributed by atoms with E-state index in [0.29, 0.717) is 6.42 Å². The molecule has 0 bridgehead atoms. The predicted molar refractivity (Wildman–Crippen MR) is 76.9 cm³/mol. The Labute approximate surface area is 114 Å². The van der Waals surface area contributed by atoms with E-state index in [2.05, 4.69) is 5.32 Å². The molecule has 0 saturated heterocycles. The van der Waals surface area contributed by atoms with E-state index in [0.717, 1.165) is 22.7 Å². The van der Waals surface area contributed by atoms with Gasteiger partial charge in [-0.1, -0.05) is 30.7 Å². The summed E-state index contributed by atoms with van der Waals surface area (Å²) < 4.78 is 22.5. The third-order valence-corrected chi connectivity index (χ3v) is 4.21. The molecule has 1 unspecified atom stereocenters. The maximum Gasteiger partial charge on any atom is 0.147 e. The number of hydrogen-bond acceptors (Lipinski definition) is 3. The van der Waals surface area contributed by atoms with Gasteiger partial charge in [-0.2, -0.15) is 0 Å². The summed E-state index contributed by atoms with van der Waals surface area (Å²) in [5, 5.41) is 4.04. The fourth-order valence-electron chi connectivity index (χ4n) is 1.85. The van der Waals surface area contributed by atoms with Gasteiger partial charge in [-0.05, 0) is 37.1 Å². The normalized spacial score (nSPS) is 13.6. The molecule has 18 heavy (non-hydrogen) atoms. The highest BCUT2D eigenvalue weighted by Gasteiger charge is 2.14. The first kappa shape index (κ1) is 15.5. The molecule has 102 valence electrons. The fraction of sp³-hybridized carbons (Fsp3) is 0.538. The van der Waals surface area contributed by atoms with E-state index in [-0.39, 0.29) is 11.8 Å². The molecule has 0 aliphatic rings. The molecule has 1 atom stereocenters. The SMILES string of the molecule is CCNC(CCS(C)(=O)=O)c1ccc(Cl)c(C)c1. The van der Waals surface area contributed by atoms with Crippen LogP contribution in [0.1, 0.15) is 30.5 Å². The Morgan fingerprint density at radius 2 is 2.06 bits per heavy atom. The Morgan fingerprint density at radius 1 is 1.39 bits per heavy atom. The van der Waals surface area contributed by atoms with Crippen LogP contribution >= 0.6 is 11.6 Å². The topological polar surface area (TPSA) is 46.2 Å². The minimum Gasteiger partial charge on any atom is -0.310 e. The average Bonchev–Trinajstić information content (AvgIpc) is 2.27. The number of nitrogens with one attached hydrogen (secondary N) is 1. The second kappa shape index (κ2) is 6.55. The number of hydrogen-bond donors (Lipinski definition) is 1. The van der Waals surface area contributed by atoms with Crippen molar-refractivity contribution in [2.24, 2.45) is 0 Å². The van der Waals surface area contributed by atoms with Gasteiger partial charge in [0.05, 0.1) is 5.75 Å². The Bertz CT molecular complexity index is 500. The minimum atomic E-state index is -2.93. The molecule has 0 amide bonds. The first-order valence-electron chi connectivity index (χ1n) is 6.00. The van der Waals surface area contributed by atoms with Crippen LogP contribution in [0.2, 0.25) is 5.02 Å². The van der Waals surface area contributed by atoms with Crippen LogP contribution in [0, 0.1) is 6.92 Å².